The molecule has 0 bridgehead atoms. The van der Waals surface area contributed by atoms with Gasteiger partial charge in [0.15, 0.2) is 0 Å². The van der Waals surface area contributed by atoms with Crippen molar-refractivity contribution in [3.05, 3.63) is 59.4 Å². The molecule has 1 aromatic carbocycles. The molecule has 0 aliphatic carbocycles. The Balaban J connectivity index is 1.99. The van der Waals surface area contributed by atoms with Crippen LogP contribution in [0, 0.1) is 13.8 Å². The van der Waals surface area contributed by atoms with Crippen LogP contribution in [0.4, 0.5) is 5.69 Å². The predicted octanol–water partition coefficient (Wildman–Crippen LogP) is 2.84. The molecule has 3 nitrogen and oxygen atoms in total. The van der Waals surface area contributed by atoms with Crippen molar-refractivity contribution < 1.29 is 5.11 Å². The third kappa shape index (κ3) is 3.08. The van der Waals surface area contributed by atoms with E-state index in [0.29, 0.717) is 6.54 Å². The molecule has 3 heteroatoms. The monoisotopic (exact) mass is 242 g/mol. The van der Waals surface area contributed by atoms with Crippen molar-refractivity contribution in [3.63, 3.8) is 0 Å². The van der Waals surface area contributed by atoms with Gasteiger partial charge >= 0.3 is 0 Å². The van der Waals surface area contributed by atoms with Crippen LogP contribution >= 0.6 is 0 Å². The normalized spacial score (nSPS) is 12.2. The second kappa shape index (κ2) is 5.65. The molecule has 0 fully saturated rings. The number of aromatic nitrogens is 1. The summed E-state index contributed by atoms with van der Waals surface area (Å²) in [4.78, 5) is 3.94. The van der Waals surface area contributed by atoms with Crippen molar-refractivity contribution in [3.8, 4) is 0 Å². The molecule has 18 heavy (non-hydrogen) atoms. The van der Waals surface area contributed by atoms with E-state index in [9.17, 15) is 5.11 Å². The van der Waals surface area contributed by atoms with Crippen molar-refractivity contribution in [1.82, 2.24) is 4.98 Å². The highest BCUT2D eigenvalue weighted by molar-refractivity contribution is 5.52. The molecule has 1 aromatic heterocycles. The summed E-state index contributed by atoms with van der Waals surface area (Å²) in [5, 5.41) is 13.3. The van der Waals surface area contributed by atoms with Crippen LogP contribution in [-0.4, -0.2) is 16.6 Å². The highest BCUT2D eigenvalue weighted by Crippen LogP contribution is 2.18. The quantitative estimate of drug-likeness (QED) is 0.866. The zero-order chi connectivity index (χ0) is 13.0. The van der Waals surface area contributed by atoms with Crippen LogP contribution in [0.2, 0.25) is 0 Å². The number of hydrogen-bond donors (Lipinski definition) is 2. The van der Waals surface area contributed by atoms with E-state index in [2.05, 4.69) is 36.3 Å². The molecule has 2 N–H and O–H groups in total. The lowest BCUT2D eigenvalue weighted by Gasteiger charge is -2.14. The molecule has 0 aliphatic heterocycles. The van der Waals surface area contributed by atoms with Crippen LogP contribution < -0.4 is 5.32 Å². The minimum Gasteiger partial charge on any atom is -0.387 e. The van der Waals surface area contributed by atoms with Crippen molar-refractivity contribution in [1.29, 1.82) is 0 Å². The molecule has 1 atom stereocenters. The smallest absolute Gasteiger partial charge is 0.0963 e. The first-order chi connectivity index (χ1) is 8.66. The maximum atomic E-state index is 10.0. The van der Waals surface area contributed by atoms with Gasteiger partial charge in [-0.15, -0.1) is 0 Å². The van der Waals surface area contributed by atoms with Crippen molar-refractivity contribution in [2.75, 3.05) is 11.9 Å². The van der Waals surface area contributed by atoms with E-state index in [0.717, 1.165) is 11.3 Å². The van der Waals surface area contributed by atoms with Crippen LogP contribution in [0.3, 0.4) is 0 Å². The molecule has 2 rings (SSSR count). The van der Waals surface area contributed by atoms with Crippen molar-refractivity contribution in [2.24, 2.45) is 0 Å². The molecule has 0 saturated carbocycles. The number of aliphatic hydroxyl groups excluding tert-OH is 1. The van der Waals surface area contributed by atoms with Gasteiger partial charge in [0.1, 0.15) is 0 Å². The standard InChI is InChI=1S/C15H18N2O/c1-11-3-4-14(12(2)9-11)17-10-15(18)13-5-7-16-8-6-13/h3-9,15,17-18H,10H2,1-2H3. The minimum atomic E-state index is -0.520. The molecule has 0 aliphatic rings. The van der Waals surface area contributed by atoms with Gasteiger partial charge in [0.05, 0.1) is 6.10 Å². The third-order valence-electron chi connectivity index (χ3n) is 2.96. The average Bonchev–Trinajstić information content (AvgIpc) is 2.38. The molecule has 0 saturated heterocycles. The maximum Gasteiger partial charge on any atom is 0.0963 e. The molecule has 2 aromatic rings. The number of hydrogen-bond acceptors (Lipinski definition) is 3. The highest BCUT2D eigenvalue weighted by atomic mass is 16.3. The van der Waals surface area contributed by atoms with Crippen LogP contribution in [0.1, 0.15) is 22.8 Å². The van der Waals surface area contributed by atoms with E-state index in [1.54, 1.807) is 12.4 Å². The molecule has 1 unspecified atom stereocenters. The summed E-state index contributed by atoms with van der Waals surface area (Å²) in [6.07, 6.45) is 2.86. The molecular weight excluding hydrogens is 224 g/mol. The highest BCUT2D eigenvalue weighted by Gasteiger charge is 2.07. The lowest BCUT2D eigenvalue weighted by molar-refractivity contribution is 0.191. The average molecular weight is 242 g/mol. The van der Waals surface area contributed by atoms with Crippen LogP contribution in [0.25, 0.3) is 0 Å². The van der Waals surface area contributed by atoms with Gasteiger partial charge in [-0.05, 0) is 43.2 Å². The lowest BCUT2D eigenvalue weighted by atomic mass is 10.1. The molecular formula is C15H18N2O. The Morgan fingerprint density at radius 3 is 2.56 bits per heavy atom. The van der Waals surface area contributed by atoms with E-state index in [1.807, 2.05) is 18.2 Å². The number of aliphatic hydroxyl groups is 1. The second-order valence-electron chi connectivity index (χ2n) is 4.50. The summed E-state index contributed by atoms with van der Waals surface area (Å²) in [5.74, 6) is 0. The Morgan fingerprint density at radius 2 is 1.89 bits per heavy atom. The summed E-state index contributed by atoms with van der Waals surface area (Å²) in [5.41, 5.74) is 4.38. The van der Waals surface area contributed by atoms with E-state index in [4.69, 9.17) is 0 Å². The van der Waals surface area contributed by atoms with Gasteiger partial charge in [-0.2, -0.15) is 0 Å². The summed E-state index contributed by atoms with van der Waals surface area (Å²) in [6, 6.07) is 9.89. The topological polar surface area (TPSA) is 45.1 Å². The Hall–Kier alpha value is -1.87. The Morgan fingerprint density at radius 1 is 1.17 bits per heavy atom. The first-order valence-corrected chi connectivity index (χ1v) is 6.06. The largest absolute Gasteiger partial charge is 0.387 e. The van der Waals surface area contributed by atoms with Gasteiger partial charge in [0.25, 0.3) is 0 Å². The summed E-state index contributed by atoms with van der Waals surface area (Å²) >= 11 is 0. The molecule has 0 spiro atoms. The van der Waals surface area contributed by atoms with Gasteiger partial charge in [0.2, 0.25) is 0 Å². The van der Waals surface area contributed by atoms with E-state index in [-0.39, 0.29) is 0 Å². The van der Waals surface area contributed by atoms with Crippen LogP contribution in [0.5, 0.6) is 0 Å². The van der Waals surface area contributed by atoms with E-state index >= 15 is 0 Å². The Labute approximate surface area is 108 Å². The Bertz CT molecular complexity index is 511. The van der Waals surface area contributed by atoms with E-state index < -0.39 is 6.10 Å². The minimum absolute atomic E-state index is 0.494. The zero-order valence-electron chi connectivity index (χ0n) is 10.7. The SMILES string of the molecule is Cc1ccc(NCC(O)c2ccncc2)c(C)c1. The Kier molecular flexibility index (Phi) is 3.95. The number of pyridine rings is 1. The summed E-state index contributed by atoms with van der Waals surface area (Å²) in [6.45, 7) is 4.63. The summed E-state index contributed by atoms with van der Waals surface area (Å²) in [7, 11) is 0. The van der Waals surface area contributed by atoms with Gasteiger partial charge in [0, 0.05) is 24.6 Å². The predicted molar refractivity (Wildman–Crippen MR) is 73.6 cm³/mol. The number of anilines is 1. The zero-order valence-corrected chi connectivity index (χ0v) is 10.7. The van der Waals surface area contributed by atoms with Gasteiger partial charge in [-0.3, -0.25) is 4.98 Å². The van der Waals surface area contributed by atoms with Gasteiger partial charge < -0.3 is 10.4 Å². The first kappa shape index (κ1) is 12.6. The van der Waals surface area contributed by atoms with Crippen LogP contribution in [-0.2, 0) is 0 Å². The number of rotatable bonds is 4. The molecule has 94 valence electrons. The van der Waals surface area contributed by atoms with Gasteiger partial charge in [-0.1, -0.05) is 17.7 Å². The maximum absolute atomic E-state index is 10.0. The second-order valence-corrected chi connectivity index (χ2v) is 4.50. The van der Waals surface area contributed by atoms with Gasteiger partial charge in [-0.25, -0.2) is 0 Å². The number of nitrogens with one attached hydrogen (secondary N) is 1. The third-order valence-corrected chi connectivity index (χ3v) is 2.96. The van der Waals surface area contributed by atoms with Crippen LogP contribution in [0.15, 0.2) is 42.7 Å². The summed E-state index contributed by atoms with van der Waals surface area (Å²) < 4.78 is 0. The molecule has 0 radical (unpaired) electrons. The lowest BCUT2D eigenvalue weighted by Crippen LogP contribution is -2.12. The van der Waals surface area contributed by atoms with Crippen molar-refractivity contribution >= 4 is 5.69 Å². The fourth-order valence-electron chi connectivity index (χ4n) is 1.92. The molecule has 1 heterocycles. The number of nitrogens with zero attached hydrogens (tertiary/aromatic N) is 1. The number of benzene rings is 1. The number of aryl methyl sites for hydroxylation is 2. The fourth-order valence-corrected chi connectivity index (χ4v) is 1.92. The fraction of sp³-hybridized carbons (Fsp3) is 0.267. The van der Waals surface area contributed by atoms with Crippen molar-refractivity contribution in [2.45, 2.75) is 20.0 Å². The molecule has 0 amide bonds. The van der Waals surface area contributed by atoms with E-state index in [1.165, 1.54) is 11.1 Å². The first-order valence-electron chi connectivity index (χ1n) is 6.06.